The molecule has 6 heteroatoms. The van der Waals surface area contributed by atoms with Crippen molar-refractivity contribution in [3.8, 4) is 0 Å². The minimum absolute atomic E-state index is 0.0738. The zero-order valence-corrected chi connectivity index (χ0v) is 14.6. The van der Waals surface area contributed by atoms with Crippen molar-refractivity contribution in [2.45, 2.75) is 32.9 Å². The van der Waals surface area contributed by atoms with Crippen LogP contribution in [-0.2, 0) is 6.54 Å². The van der Waals surface area contributed by atoms with Crippen LogP contribution >= 0.6 is 11.8 Å². The van der Waals surface area contributed by atoms with Gasteiger partial charge in [-0.15, -0.1) is 0 Å². The maximum atomic E-state index is 6.42. The van der Waals surface area contributed by atoms with Crippen LogP contribution in [0.1, 0.15) is 35.3 Å². The van der Waals surface area contributed by atoms with Gasteiger partial charge in [-0.05, 0) is 44.4 Å². The van der Waals surface area contributed by atoms with Crippen LogP contribution in [0.3, 0.4) is 0 Å². The van der Waals surface area contributed by atoms with Gasteiger partial charge < -0.3 is 14.8 Å². The van der Waals surface area contributed by atoms with Crippen molar-refractivity contribution in [2.75, 3.05) is 12.0 Å². The summed E-state index contributed by atoms with van der Waals surface area (Å²) in [5.74, 6) is 2.81. The average Bonchev–Trinajstić information content (AvgIpc) is 3.08. The fourth-order valence-corrected chi connectivity index (χ4v) is 3.29. The molecular formula is C17H22N4OS. The number of fused-ring (bicyclic) bond motifs is 1. The summed E-state index contributed by atoms with van der Waals surface area (Å²) in [6.45, 7) is 4.60. The molecule has 1 aromatic carbocycles. The molecule has 5 nitrogen and oxygen atoms in total. The van der Waals surface area contributed by atoms with E-state index in [-0.39, 0.29) is 6.04 Å². The summed E-state index contributed by atoms with van der Waals surface area (Å²) in [5, 5.41) is 4.06. The lowest BCUT2D eigenvalue weighted by molar-refractivity contribution is 0.392. The molecule has 1 atom stereocenters. The summed E-state index contributed by atoms with van der Waals surface area (Å²) in [6, 6.07) is 8.09. The largest absolute Gasteiger partial charge is 0.361 e. The van der Waals surface area contributed by atoms with E-state index in [1.54, 1.807) is 11.8 Å². The molecule has 0 amide bonds. The molecule has 0 saturated carbocycles. The highest BCUT2D eigenvalue weighted by Crippen LogP contribution is 2.25. The van der Waals surface area contributed by atoms with Crippen molar-refractivity contribution in [1.82, 2.24) is 14.7 Å². The van der Waals surface area contributed by atoms with Gasteiger partial charge in [-0.3, -0.25) is 0 Å². The van der Waals surface area contributed by atoms with Crippen molar-refractivity contribution in [1.29, 1.82) is 0 Å². The summed E-state index contributed by atoms with van der Waals surface area (Å²) in [7, 11) is 0. The Hall–Kier alpha value is -1.79. The lowest BCUT2D eigenvalue weighted by Gasteiger charge is -2.14. The van der Waals surface area contributed by atoms with E-state index >= 15 is 0 Å². The Morgan fingerprint density at radius 3 is 2.78 bits per heavy atom. The molecule has 3 aromatic rings. The number of imidazole rings is 1. The number of hydrogen-bond acceptors (Lipinski definition) is 5. The minimum atomic E-state index is -0.0738. The molecule has 3 rings (SSSR count). The highest BCUT2D eigenvalue weighted by Gasteiger charge is 2.19. The third-order valence-electron chi connectivity index (χ3n) is 4.15. The van der Waals surface area contributed by atoms with E-state index in [0.717, 1.165) is 46.0 Å². The van der Waals surface area contributed by atoms with Gasteiger partial charge >= 0.3 is 0 Å². The molecule has 1 unspecified atom stereocenters. The molecule has 122 valence electrons. The predicted molar refractivity (Wildman–Crippen MR) is 94.7 cm³/mol. The molecule has 0 aliphatic rings. The number of thioether (sulfide) groups is 1. The standard InChI is InChI=1S/C17H22N4OS/c1-11-13(12(2)22-20-11)10-21-16-7-5-4-6-15(16)19-17(21)14(18)8-9-23-3/h4-7,14H,8-10,18H2,1-3H3. The summed E-state index contributed by atoms with van der Waals surface area (Å²) in [6.07, 6.45) is 3.01. The maximum absolute atomic E-state index is 6.42. The zero-order chi connectivity index (χ0) is 16.4. The summed E-state index contributed by atoms with van der Waals surface area (Å²) in [5.41, 5.74) is 10.5. The van der Waals surface area contributed by atoms with E-state index in [1.807, 2.05) is 32.0 Å². The van der Waals surface area contributed by atoms with Crippen molar-refractivity contribution >= 4 is 22.8 Å². The number of hydrogen-bond donors (Lipinski definition) is 1. The lowest BCUT2D eigenvalue weighted by atomic mass is 10.2. The Morgan fingerprint density at radius 1 is 1.30 bits per heavy atom. The van der Waals surface area contributed by atoms with Gasteiger partial charge in [0.15, 0.2) is 0 Å². The van der Waals surface area contributed by atoms with Crippen LogP contribution in [0.2, 0.25) is 0 Å². The number of rotatable bonds is 6. The normalized spacial score (nSPS) is 12.9. The van der Waals surface area contributed by atoms with E-state index in [2.05, 4.69) is 22.0 Å². The minimum Gasteiger partial charge on any atom is -0.361 e. The molecule has 0 fully saturated rings. The third kappa shape index (κ3) is 3.14. The van der Waals surface area contributed by atoms with E-state index in [4.69, 9.17) is 15.2 Å². The van der Waals surface area contributed by atoms with Gasteiger partial charge in [0.25, 0.3) is 0 Å². The first kappa shape index (κ1) is 16.1. The number of aryl methyl sites for hydroxylation is 2. The van der Waals surface area contributed by atoms with Crippen LogP contribution in [0.15, 0.2) is 28.8 Å². The number of nitrogens with zero attached hydrogens (tertiary/aromatic N) is 3. The van der Waals surface area contributed by atoms with Crippen LogP contribution in [-0.4, -0.2) is 26.7 Å². The Balaban J connectivity index is 2.05. The number of para-hydroxylation sites is 2. The Labute approximate surface area is 140 Å². The third-order valence-corrected chi connectivity index (χ3v) is 4.79. The van der Waals surface area contributed by atoms with Crippen LogP contribution < -0.4 is 5.73 Å². The highest BCUT2D eigenvalue weighted by atomic mass is 32.2. The van der Waals surface area contributed by atoms with Gasteiger partial charge in [-0.1, -0.05) is 17.3 Å². The van der Waals surface area contributed by atoms with Crippen molar-refractivity contribution in [3.05, 3.63) is 47.1 Å². The van der Waals surface area contributed by atoms with E-state index < -0.39 is 0 Å². The highest BCUT2D eigenvalue weighted by molar-refractivity contribution is 7.98. The molecular weight excluding hydrogens is 308 g/mol. The molecule has 0 spiro atoms. The second kappa shape index (κ2) is 6.76. The fraction of sp³-hybridized carbons (Fsp3) is 0.412. The van der Waals surface area contributed by atoms with Gasteiger partial charge in [0.1, 0.15) is 11.6 Å². The Morgan fingerprint density at radius 2 is 2.09 bits per heavy atom. The van der Waals surface area contributed by atoms with Gasteiger partial charge in [-0.25, -0.2) is 4.98 Å². The van der Waals surface area contributed by atoms with Gasteiger partial charge in [0, 0.05) is 5.56 Å². The average molecular weight is 330 g/mol. The lowest BCUT2D eigenvalue weighted by Crippen LogP contribution is -2.18. The molecule has 0 aliphatic heterocycles. The van der Waals surface area contributed by atoms with E-state index in [0.29, 0.717) is 6.54 Å². The van der Waals surface area contributed by atoms with Crippen molar-refractivity contribution in [2.24, 2.45) is 5.73 Å². The van der Waals surface area contributed by atoms with Crippen LogP contribution in [0.25, 0.3) is 11.0 Å². The second-order valence-corrected chi connectivity index (χ2v) is 6.72. The van der Waals surface area contributed by atoms with Crippen LogP contribution in [0, 0.1) is 13.8 Å². The second-order valence-electron chi connectivity index (χ2n) is 5.74. The zero-order valence-electron chi connectivity index (χ0n) is 13.7. The molecule has 2 aromatic heterocycles. The summed E-state index contributed by atoms with van der Waals surface area (Å²) in [4.78, 5) is 4.78. The first-order chi connectivity index (χ1) is 11.1. The van der Waals surface area contributed by atoms with Crippen molar-refractivity contribution in [3.63, 3.8) is 0 Å². The molecule has 0 saturated heterocycles. The Kier molecular flexibility index (Phi) is 4.73. The van der Waals surface area contributed by atoms with Crippen molar-refractivity contribution < 1.29 is 4.52 Å². The Bertz CT molecular complexity index is 789. The molecule has 0 aliphatic carbocycles. The van der Waals surface area contributed by atoms with Gasteiger partial charge in [-0.2, -0.15) is 11.8 Å². The molecule has 2 N–H and O–H groups in total. The topological polar surface area (TPSA) is 69.9 Å². The van der Waals surface area contributed by atoms with Crippen LogP contribution in [0.5, 0.6) is 0 Å². The molecule has 0 bridgehead atoms. The summed E-state index contributed by atoms with van der Waals surface area (Å²) >= 11 is 1.81. The van der Waals surface area contributed by atoms with Crippen LogP contribution in [0.4, 0.5) is 0 Å². The molecule has 23 heavy (non-hydrogen) atoms. The quantitative estimate of drug-likeness (QED) is 0.749. The summed E-state index contributed by atoms with van der Waals surface area (Å²) < 4.78 is 7.50. The van der Waals surface area contributed by atoms with Gasteiger partial charge in [0.2, 0.25) is 0 Å². The van der Waals surface area contributed by atoms with E-state index in [1.165, 1.54) is 0 Å². The number of aromatic nitrogens is 3. The fourth-order valence-electron chi connectivity index (χ4n) is 2.80. The SMILES string of the molecule is CSCCC(N)c1nc2ccccc2n1Cc1c(C)noc1C. The first-order valence-electron chi connectivity index (χ1n) is 7.73. The smallest absolute Gasteiger partial charge is 0.138 e. The number of nitrogens with two attached hydrogens (primary N) is 1. The van der Waals surface area contributed by atoms with E-state index in [9.17, 15) is 0 Å². The number of benzene rings is 1. The monoisotopic (exact) mass is 330 g/mol. The molecule has 2 heterocycles. The first-order valence-corrected chi connectivity index (χ1v) is 9.12. The maximum Gasteiger partial charge on any atom is 0.138 e. The van der Waals surface area contributed by atoms with Gasteiger partial charge in [0.05, 0.1) is 29.3 Å². The predicted octanol–water partition coefficient (Wildman–Crippen LogP) is 3.44. The molecule has 0 radical (unpaired) electrons.